The third-order valence-corrected chi connectivity index (χ3v) is 21.3. The first-order valence-electron chi connectivity index (χ1n) is 43.8. The summed E-state index contributed by atoms with van der Waals surface area (Å²) < 4.78 is 4.99. The van der Waals surface area contributed by atoms with Crippen molar-refractivity contribution in [2.75, 3.05) is 0 Å². The largest absolute Gasteiger partial charge is 3.00 e. The third-order valence-electron chi connectivity index (χ3n) is 21.3. The summed E-state index contributed by atoms with van der Waals surface area (Å²) in [4.78, 5) is 26.2. The molecule has 0 fully saturated rings. The van der Waals surface area contributed by atoms with Crippen LogP contribution in [0.4, 0.5) is 0 Å². The number of rotatable bonds is 22. The van der Waals surface area contributed by atoms with Gasteiger partial charge in [0.15, 0.2) is 0 Å². The van der Waals surface area contributed by atoms with Crippen LogP contribution in [0.2, 0.25) is 0 Å². The van der Waals surface area contributed by atoms with Crippen LogP contribution < -0.4 is 10.1 Å². The maximum absolute atomic E-state index is 9.27. The molecular weight excluding hydrogens is 2000 g/mol. The van der Waals surface area contributed by atoms with Crippen LogP contribution in [0, 0.1) is 48.2 Å². The van der Waals surface area contributed by atoms with E-state index < -0.39 is 7.12 Å². The van der Waals surface area contributed by atoms with E-state index >= 15 is 0 Å². The number of pyridine rings is 6. The monoisotopic (exact) mass is 2090 g/mol. The van der Waals surface area contributed by atoms with E-state index in [1.54, 1.807) is 42.9 Å². The maximum Gasteiger partial charge on any atom is 3.00 e. The Balaban J connectivity index is 0.000000147. The van der Waals surface area contributed by atoms with E-state index in [4.69, 9.17) is 9.68 Å². The average molecular weight is 2090 g/mol. The van der Waals surface area contributed by atoms with Gasteiger partial charge in [-0.05, 0) is 203 Å². The summed E-state index contributed by atoms with van der Waals surface area (Å²) in [5, 5.41) is 27.2. The molecule has 19 rings (SSSR count). The Bertz CT molecular complexity index is 6580. The van der Waals surface area contributed by atoms with E-state index in [2.05, 4.69) is 259 Å². The Hall–Kier alpha value is -14.7. The Kier molecular flexibility index (Phi) is 37.6. The molecule has 0 atom stereocenters. The van der Waals surface area contributed by atoms with Crippen LogP contribution in [0.1, 0.15) is 49.9 Å². The second kappa shape index (κ2) is 51.2. The fourth-order valence-electron chi connectivity index (χ4n) is 14.7. The van der Waals surface area contributed by atoms with Crippen LogP contribution in [0.5, 0.6) is 5.75 Å². The minimum absolute atomic E-state index is 0. The standard InChI is InChI=1S/C33H24N.2C21H20N.C17H12BNO2.C17H13BNO2.C11H8N.2Ir/c1-3-24-11-15-26(16-12-24)30-21-31(27-17-13-25(4-2)14-18-27)23-32(22-30)28-8-7-9-29(20-28)33-10-5-6-19-34-33;2*1-16(2)14-17-9-11-18(12-10-17)19-6-5-7-20(15-19)21-8-3-4-13-22-21;20-18-21-16-8-4-6-14(12-16)13-5-3-7-15(11-13)17-9-1-2-10-19-17;20-18(21)16-8-4-6-14(12-16)13-5-3-7-15(11-13)17-9-1-2-10-19-17;1-2-6-10(7-3-1)11-8-4-5-9-12-11;;/h3-8,10-23H,1-2H2;2*3-6,8-13,15-16H,14H2,1-2H3;1-6,8-12,20H;1-6,8-12,20-21H;1-6,8-9H;;/q6*-1;2*+3. The molecule has 655 valence electrons. The maximum atomic E-state index is 9.27. The summed E-state index contributed by atoms with van der Waals surface area (Å²) in [5.74, 6) is 1.96. The molecule has 0 aliphatic rings. The normalized spacial score (nSPS) is 10.3. The number of aromatic nitrogens is 6. The van der Waals surface area contributed by atoms with Gasteiger partial charge in [-0.25, -0.2) is 0 Å². The molecule has 0 amide bonds. The second-order valence-corrected chi connectivity index (χ2v) is 31.8. The van der Waals surface area contributed by atoms with Gasteiger partial charge in [0.05, 0.1) is 0 Å². The van der Waals surface area contributed by atoms with Crippen molar-refractivity contribution >= 4 is 32.4 Å². The quantitative estimate of drug-likeness (QED) is 0.0443. The van der Waals surface area contributed by atoms with E-state index in [0.29, 0.717) is 30.7 Å². The predicted molar refractivity (Wildman–Crippen MR) is 545 cm³/mol. The third kappa shape index (κ3) is 28.9. The number of hydrogen-bond donors (Lipinski definition) is 3. The first-order chi connectivity index (χ1) is 64.7. The molecule has 0 aliphatic carbocycles. The van der Waals surface area contributed by atoms with E-state index in [1.165, 1.54) is 55.6 Å². The molecule has 0 unspecified atom stereocenters. The zero-order chi connectivity index (χ0) is 91.4. The molecular formula is C120H97B2Ir2N6O4. The van der Waals surface area contributed by atoms with Gasteiger partial charge in [-0.15, -0.1) is 213 Å². The van der Waals surface area contributed by atoms with Gasteiger partial charge in [0.25, 0.3) is 0 Å². The Morgan fingerprint density at radius 3 is 0.873 bits per heavy atom. The minimum Gasteiger partial charge on any atom is -0.537 e. The van der Waals surface area contributed by atoms with Crippen molar-refractivity contribution < 1.29 is 59.9 Å². The van der Waals surface area contributed by atoms with E-state index in [0.717, 1.165) is 125 Å². The van der Waals surface area contributed by atoms with Gasteiger partial charge in [-0.3, -0.25) is 0 Å². The Morgan fingerprint density at radius 1 is 0.284 bits per heavy atom. The summed E-state index contributed by atoms with van der Waals surface area (Å²) in [6, 6.07) is 149. The van der Waals surface area contributed by atoms with Gasteiger partial charge >= 0.3 is 55.0 Å². The van der Waals surface area contributed by atoms with Gasteiger partial charge in [0.2, 0.25) is 0 Å². The van der Waals surface area contributed by atoms with Crippen LogP contribution >= 0.6 is 0 Å². The topological polar surface area (TPSA) is 147 Å². The molecule has 6 heterocycles. The summed E-state index contributed by atoms with van der Waals surface area (Å²) in [6.45, 7) is 16.7. The van der Waals surface area contributed by atoms with Crippen molar-refractivity contribution in [3.63, 3.8) is 0 Å². The number of benzene rings is 13. The van der Waals surface area contributed by atoms with Crippen molar-refractivity contribution in [1.82, 2.24) is 29.9 Å². The van der Waals surface area contributed by atoms with Gasteiger partial charge in [-0.2, -0.15) is 0 Å². The molecule has 0 spiro atoms. The molecule has 134 heavy (non-hydrogen) atoms. The van der Waals surface area contributed by atoms with Crippen LogP contribution in [0.25, 0.3) is 158 Å². The van der Waals surface area contributed by atoms with Crippen LogP contribution in [0.3, 0.4) is 0 Å². The Morgan fingerprint density at radius 2 is 0.567 bits per heavy atom. The zero-order valence-corrected chi connectivity index (χ0v) is 79.6. The van der Waals surface area contributed by atoms with Gasteiger partial charge in [0, 0.05) is 37.2 Å². The first kappa shape index (κ1) is 98.4. The summed E-state index contributed by atoms with van der Waals surface area (Å²) in [6.07, 6.45) is 16.7. The molecule has 10 nitrogen and oxygen atoms in total. The fraction of sp³-hybridized carbons (Fsp3) is 0.0667. The minimum atomic E-state index is -1.46. The molecule has 13 aromatic carbocycles. The van der Waals surface area contributed by atoms with Crippen LogP contribution in [-0.4, -0.2) is 59.8 Å². The van der Waals surface area contributed by atoms with E-state index in [-0.39, 0.29) is 40.2 Å². The molecule has 0 bridgehead atoms. The SMILES string of the molecule is C=Cc1ccc(-c2cc(-c3ccc(C=C)cc3)cc(-c3cc[c-]c(-c4ccccn4)c3)c2)cc1.CC(C)Cc1ccc(-c2cc[c-]c(-c3ccccn3)c2)cc1.CC(C)Cc1ccc(-c2cc[c-]c(-c3ccccn3)c2)cc1.OB(O)c1cccc(-c2cc[c-]c(-c3ccccn3)c2)c1.O[B]Oc1cccc(-c2cc[c-]c(-c3ccccn3)c2)c1.[Ir+3].[Ir+3].[c-]1ccccc1-c1ccccn1. The summed E-state index contributed by atoms with van der Waals surface area (Å²) >= 11 is 0. The summed E-state index contributed by atoms with van der Waals surface area (Å²) in [7, 11) is -0.785. The van der Waals surface area contributed by atoms with Gasteiger partial charge in [0.1, 0.15) is 5.75 Å². The summed E-state index contributed by atoms with van der Waals surface area (Å²) in [5.41, 5.74) is 32.7. The number of nitrogens with zero attached hydrogens (tertiary/aromatic N) is 6. The van der Waals surface area contributed by atoms with E-state index in [9.17, 15) is 10.0 Å². The molecule has 14 heteroatoms. The molecule has 19 aromatic rings. The van der Waals surface area contributed by atoms with Crippen molar-refractivity contribution in [2.45, 2.75) is 40.5 Å². The fourth-order valence-corrected chi connectivity index (χ4v) is 14.7. The van der Waals surface area contributed by atoms with Crippen LogP contribution in [-0.2, 0) is 53.1 Å². The van der Waals surface area contributed by atoms with Crippen molar-refractivity contribution in [2.24, 2.45) is 11.8 Å². The zero-order valence-electron chi connectivity index (χ0n) is 74.8. The second-order valence-electron chi connectivity index (χ2n) is 31.8. The average Bonchev–Trinajstić information content (AvgIpc) is 0.792. The molecule has 0 saturated heterocycles. The first-order valence-corrected chi connectivity index (χ1v) is 43.8. The van der Waals surface area contributed by atoms with Crippen molar-refractivity contribution in [3.8, 4) is 151 Å². The van der Waals surface area contributed by atoms with Gasteiger partial charge < -0.3 is 49.6 Å². The van der Waals surface area contributed by atoms with Crippen LogP contribution in [0.15, 0.2) is 439 Å². The molecule has 3 N–H and O–H groups in total. The smallest absolute Gasteiger partial charge is 0.537 e. The predicted octanol–water partition coefficient (Wildman–Crippen LogP) is 27.2. The molecule has 6 aromatic heterocycles. The van der Waals surface area contributed by atoms with Crippen molar-refractivity contribution in [1.29, 1.82) is 0 Å². The molecule has 0 saturated carbocycles. The van der Waals surface area contributed by atoms with Gasteiger partial charge in [-0.1, -0.05) is 259 Å². The molecule has 0 aliphatic heterocycles. The molecule has 1 radical (unpaired) electrons. The number of hydrogen-bond acceptors (Lipinski definition) is 10. The van der Waals surface area contributed by atoms with Crippen molar-refractivity contribution in [3.05, 3.63) is 497 Å². The van der Waals surface area contributed by atoms with E-state index in [1.807, 2.05) is 243 Å². The Labute approximate surface area is 816 Å².